The molecule has 0 radical (unpaired) electrons. The fourth-order valence-electron chi connectivity index (χ4n) is 3.45. The highest BCUT2D eigenvalue weighted by atomic mass is 19.1. The zero-order valence-corrected chi connectivity index (χ0v) is 16.9. The van der Waals surface area contributed by atoms with Crippen LogP contribution >= 0.6 is 0 Å². The van der Waals surface area contributed by atoms with E-state index in [0.29, 0.717) is 29.1 Å². The van der Waals surface area contributed by atoms with E-state index in [0.717, 1.165) is 31.6 Å². The molecule has 1 aliphatic rings. The SMILES string of the molecule is COC1CCN(c2cc(C=O)nc(Nc3ccnc(F)c3)c2C(=N)C(C)C)CC1. The number of nitrogens with zero attached hydrogens (tertiary/aromatic N) is 3. The van der Waals surface area contributed by atoms with Crippen molar-refractivity contribution in [1.29, 1.82) is 5.41 Å². The molecule has 0 aromatic carbocycles. The summed E-state index contributed by atoms with van der Waals surface area (Å²) in [6.45, 7) is 5.38. The zero-order chi connectivity index (χ0) is 21.0. The summed E-state index contributed by atoms with van der Waals surface area (Å²) in [5.41, 5.74) is 2.52. The van der Waals surface area contributed by atoms with Gasteiger partial charge in [-0.3, -0.25) is 4.79 Å². The second kappa shape index (κ2) is 9.09. The van der Waals surface area contributed by atoms with E-state index in [1.807, 2.05) is 13.8 Å². The van der Waals surface area contributed by atoms with Gasteiger partial charge in [-0.2, -0.15) is 4.39 Å². The van der Waals surface area contributed by atoms with Gasteiger partial charge in [-0.05, 0) is 30.9 Å². The van der Waals surface area contributed by atoms with Crippen molar-refractivity contribution in [3.8, 4) is 0 Å². The maximum atomic E-state index is 13.6. The number of halogens is 1. The standard InChI is InChI=1S/C21H26FN5O2/c1-13(2)20(23)19-17(27-8-5-16(29-3)6-9-27)10-15(12-28)26-21(19)25-14-4-7-24-18(22)11-14/h4,7,10-13,16,23H,5-6,8-9H2,1-3H3,(H,24,25,26). The second-order valence-corrected chi connectivity index (χ2v) is 7.39. The minimum Gasteiger partial charge on any atom is -0.381 e. The summed E-state index contributed by atoms with van der Waals surface area (Å²) in [6.07, 6.45) is 3.98. The minimum absolute atomic E-state index is 0.0520. The van der Waals surface area contributed by atoms with Gasteiger partial charge in [0.25, 0.3) is 0 Å². The summed E-state index contributed by atoms with van der Waals surface area (Å²) in [6, 6.07) is 4.59. The summed E-state index contributed by atoms with van der Waals surface area (Å²) in [7, 11) is 1.72. The van der Waals surface area contributed by atoms with Crippen molar-refractivity contribution in [3.05, 3.63) is 41.6 Å². The van der Waals surface area contributed by atoms with Crippen LogP contribution in [0.2, 0.25) is 0 Å². The van der Waals surface area contributed by atoms with E-state index in [2.05, 4.69) is 20.2 Å². The number of carbonyl (C=O) groups excluding carboxylic acids is 1. The molecule has 1 saturated heterocycles. The molecule has 1 fully saturated rings. The van der Waals surface area contributed by atoms with Crippen LogP contribution in [-0.4, -0.2) is 48.3 Å². The molecule has 0 unspecified atom stereocenters. The predicted molar refractivity (Wildman–Crippen MR) is 111 cm³/mol. The average Bonchev–Trinajstić information content (AvgIpc) is 2.72. The highest BCUT2D eigenvalue weighted by Crippen LogP contribution is 2.33. The van der Waals surface area contributed by atoms with E-state index in [9.17, 15) is 9.18 Å². The molecule has 7 nitrogen and oxygen atoms in total. The van der Waals surface area contributed by atoms with Crippen LogP contribution in [0.15, 0.2) is 24.4 Å². The Kier molecular flexibility index (Phi) is 6.53. The number of anilines is 3. The van der Waals surface area contributed by atoms with Gasteiger partial charge < -0.3 is 20.4 Å². The Morgan fingerprint density at radius 1 is 1.38 bits per heavy atom. The highest BCUT2D eigenvalue weighted by molar-refractivity contribution is 6.09. The van der Waals surface area contributed by atoms with Crippen LogP contribution in [0.25, 0.3) is 0 Å². The van der Waals surface area contributed by atoms with Crippen molar-refractivity contribution in [2.75, 3.05) is 30.4 Å². The number of pyridine rings is 2. The maximum absolute atomic E-state index is 13.6. The van der Waals surface area contributed by atoms with Gasteiger partial charge in [-0.25, -0.2) is 9.97 Å². The molecule has 1 aliphatic heterocycles. The van der Waals surface area contributed by atoms with Crippen molar-refractivity contribution in [2.45, 2.75) is 32.8 Å². The molecule has 154 valence electrons. The molecular formula is C21H26FN5O2. The zero-order valence-electron chi connectivity index (χ0n) is 16.9. The van der Waals surface area contributed by atoms with Crippen molar-refractivity contribution in [3.63, 3.8) is 0 Å². The highest BCUT2D eigenvalue weighted by Gasteiger charge is 2.26. The topological polar surface area (TPSA) is 91.2 Å². The Balaban J connectivity index is 2.08. The average molecular weight is 399 g/mol. The molecule has 0 saturated carbocycles. The van der Waals surface area contributed by atoms with Gasteiger partial charge in [-0.15, -0.1) is 0 Å². The number of piperidine rings is 1. The molecule has 3 heterocycles. The van der Waals surface area contributed by atoms with Crippen LogP contribution in [0.1, 0.15) is 42.7 Å². The molecule has 0 atom stereocenters. The number of nitrogens with one attached hydrogen (secondary N) is 2. The third-order valence-electron chi connectivity index (χ3n) is 5.09. The van der Waals surface area contributed by atoms with Gasteiger partial charge in [0.15, 0.2) is 6.29 Å². The molecule has 3 rings (SSSR count). The number of aldehydes is 1. The second-order valence-electron chi connectivity index (χ2n) is 7.39. The lowest BCUT2D eigenvalue weighted by Crippen LogP contribution is -2.38. The minimum atomic E-state index is -0.621. The first-order valence-corrected chi connectivity index (χ1v) is 9.68. The first-order valence-electron chi connectivity index (χ1n) is 9.68. The molecule has 0 aliphatic carbocycles. The van der Waals surface area contributed by atoms with Crippen molar-refractivity contribution in [1.82, 2.24) is 9.97 Å². The third-order valence-corrected chi connectivity index (χ3v) is 5.09. The van der Waals surface area contributed by atoms with Crippen LogP contribution in [0, 0.1) is 17.3 Å². The Morgan fingerprint density at radius 2 is 2.10 bits per heavy atom. The summed E-state index contributed by atoms with van der Waals surface area (Å²) < 4.78 is 19.0. The summed E-state index contributed by atoms with van der Waals surface area (Å²) >= 11 is 0. The molecule has 2 N–H and O–H groups in total. The van der Waals surface area contributed by atoms with Crippen LogP contribution in [0.5, 0.6) is 0 Å². The molecule has 0 bridgehead atoms. The first-order chi connectivity index (χ1) is 13.9. The quantitative estimate of drug-likeness (QED) is 0.418. The van der Waals surface area contributed by atoms with Crippen LogP contribution < -0.4 is 10.2 Å². The Hall–Kier alpha value is -2.87. The number of methoxy groups -OCH3 is 1. The van der Waals surface area contributed by atoms with E-state index in [-0.39, 0.29) is 17.7 Å². The lowest BCUT2D eigenvalue weighted by molar-refractivity contribution is 0.0819. The molecule has 29 heavy (non-hydrogen) atoms. The number of aromatic nitrogens is 2. The van der Waals surface area contributed by atoms with Crippen LogP contribution in [0.3, 0.4) is 0 Å². The number of carbonyl (C=O) groups is 1. The smallest absolute Gasteiger partial charge is 0.214 e. The molecule has 2 aromatic rings. The van der Waals surface area contributed by atoms with Gasteiger partial charge in [0.05, 0.1) is 17.4 Å². The number of hydrogen-bond donors (Lipinski definition) is 2. The summed E-state index contributed by atoms with van der Waals surface area (Å²) in [5, 5.41) is 11.8. The van der Waals surface area contributed by atoms with Crippen LogP contribution in [-0.2, 0) is 4.74 Å². The van der Waals surface area contributed by atoms with Gasteiger partial charge in [0.1, 0.15) is 11.5 Å². The van der Waals surface area contributed by atoms with Crippen LogP contribution in [0.4, 0.5) is 21.6 Å². The fourth-order valence-corrected chi connectivity index (χ4v) is 3.45. The largest absolute Gasteiger partial charge is 0.381 e. The van der Waals surface area contributed by atoms with Crippen molar-refractivity contribution >= 4 is 29.2 Å². The Labute approximate surface area is 169 Å². The Morgan fingerprint density at radius 3 is 2.69 bits per heavy atom. The fraction of sp³-hybridized carbons (Fsp3) is 0.429. The monoisotopic (exact) mass is 399 g/mol. The van der Waals surface area contributed by atoms with Crippen molar-refractivity contribution < 1.29 is 13.9 Å². The van der Waals surface area contributed by atoms with E-state index in [1.165, 1.54) is 12.3 Å². The van der Waals surface area contributed by atoms with Crippen molar-refractivity contribution in [2.24, 2.45) is 5.92 Å². The summed E-state index contributed by atoms with van der Waals surface area (Å²) in [5.74, 6) is -0.310. The number of rotatable bonds is 7. The van der Waals surface area contributed by atoms with E-state index < -0.39 is 5.95 Å². The molecule has 0 amide bonds. The van der Waals surface area contributed by atoms with Gasteiger partial charge >= 0.3 is 0 Å². The van der Waals surface area contributed by atoms with E-state index in [4.69, 9.17) is 10.1 Å². The lowest BCUT2D eigenvalue weighted by atomic mass is 9.96. The molecular weight excluding hydrogens is 373 g/mol. The normalized spacial score (nSPS) is 14.9. The van der Waals surface area contributed by atoms with Gasteiger partial charge in [0, 0.05) is 43.9 Å². The third kappa shape index (κ3) is 4.76. The van der Waals surface area contributed by atoms with Gasteiger partial charge in [-0.1, -0.05) is 13.8 Å². The number of ether oxygens (including phenoxy) is 1. The maximum Gasteiger partial charge on any atom is 0.214 e. The first kappa shape index (κ1) is 20.9. The molecule has 8 heteroatoms. The Bertz CT molecular complexity index is 895. The molecule has 0 spiro atoms. The number of hydrogen-bond acceptors (Lipinski definition) is 7. The van der Waals surface area contributed by atoms with Gasteiger partial charge in [0.2, 0.25) is 5.95 Å². The molecule has 2 aromatic heterocycles. The van der Waals surface area contributed by atoms with E-state index >= 15 is 0 Å². The lowest BCUT2D eigenvalue weighted by Gasteiger charge is -2.35. The predicted octanol–water partition coefficient (Wildman–Crippen LogP) is 3.81. The van der Waals surface area contributed by atoms with E-state index in [1.54, 1.807) is 19.2 Å². The summed E-state index contributed by atoms with van der Waals surface area (Å²) in [4.78, 5) is 21.7.